The third kappa shape index (κ3) is 1.74. The molecular formula is C11H11NO3S. The Bertz CT molecular complexity index is 476. The van der Waals surface area contributed by atoms with Crippen molar-refractivity contribution in [2.24, 2.45) is 0 Å². The summed E-state index contributed by atoms with van der Waals surface area (Å²) in [5.74, 6) is -1.35. The number of aryl methyl sites for hydroxylation is 1. The maximum atomic E-state index is 11.2. The molecule has 0 radical (unpaired) electrons. The van der Waals surface area contributed by atoms with Crippen LogP contribution in [0.3, 0.4) is 0 Å². The van der Waals surface area contributed by atoms with Crippen molar-refractivity contribution in [1.29, 1.82) is 0 Å². The Morgan fingerprint density at radius 2 is 2.19 bits per heavy atom. The van der Waals surface area contributed by atoms with E-state index in [1.807, 2.05) is 0 Å². The van der Waals surface area contributed by atoms with Crippen molar-refractivity contribution < 1.29 is 14.7 Å². The molecule has 0 saturated heterocycles. The van der Waals surface area contributed by atoms with Crippen molar-refractivity contribution in [3.8, 4) is 0 Å². The summed E-state index contributed by atoms with van der Waals surface area (Å²) < 4.78 is 0. The highest BCUT2D eigenvalue weighted by atomic mass is 32.1. The van der Waals surface area contributed by atoms with E-state index in [2.05, 4.69) is 11.9 Å². The zero-order valence-electron chi connectivity index (χ0n) is 8.58. The van der Waals surface area contributed by atoms with Crippen LogP contribution < -0.4 is 5.32 Å². The average molecular weight is 237 g/mol. The van der Waals surface area contributed by atoms with E-state index in [1.165, 1.54) is 11.3 Å². The lowest BCUT2D eigenvalue weighted by molar-refractivity contribution is -0.111. The number of anilines is 1. The van der Waals surface area contributed by atoms with Gasteiger partial charge >= 0.3 is 5.97 Å². The van der Waals surface area contributed by atoms with Crippen LogP contribution >= 0.6 is 11.3 Å². The molecule has 5 heteroatoms. The predicted octanol–water partition coefficient (Wildman–Crippen LogP) is 2.06. The molecule has 1 aliphatic carbocycles. The van der Waals surface area contributed by atoms with Crippen molar-refractivity contribution in [2.75, 3.05) is 5.32 Å². The average Bonchev–Trinajstić information content (AvgIpc) is 2.76. The topological polar surface area (TPSA) is 66.4 Å². The summed E-state index contributed by atoms with van der Waals surface area (Å²) >= 11 is 1.36. The molecule has 0 bridgehead atoms. The number of carbonyl (C=O) groups is 2. The molecule has 2 N–H and O–H groups in total. The summed E-state index contributed by atoms with van der Waals surface area (Å²) in [7, 11) is 0. The van der Waals surface area contributed by atoms with E-state index < -0.39 is 5.97 Å². The quantitative estimate of drug-likeness (QED) is 0.791. The van der Waals surface area contributed by atoms with Gasteiger partial charge in [0.25, 0.3) is 0 Å². The number of carboxylic acids is 1. The standard InChI is InChI=1S/C11H11NO3S/c1-2-8(13)12-10-9(11(14)15)6-4-3-5-7(6)16-10/h2H,1,3-5H2,(H,12,13)(H,14,15). The molecule has 1 heterocycles. The first-order valence-electron chi connectivity index (χ1n) is 4.94. The molecular weight excluding hydrogens is 226 g/mol. The van der Waals surface area contributed by atoms with Crippen LogP contribution in [0.25, 0.3) is 0 Å². The van der Waals surface area contributed by atoms with E-state index in [1.54, 1.807) is 0 Å². The largest absolute Gasteiger partial charge is 0.478 e. The Hall–Kier alpha value is -1.62. The van der Waals surface area contributed by atoms with Crippen LogP contribution in [0.15, 0.2) is 12.7 Å². The third-order valence-corrected chi connectivity index (χ3v) is 3.76. The van der Waals surface area contributed by atoms with Crippen LogP contribution in [0.4, 0.5) is 5.00 Å². The van der Waals surface area contributed by atoms with Gasteiger partial charge in [-0.2, -0.15) is 0 Å². The van der Waals surface area contributed by atoms with Crippen LogP contribution in [0.5, 0.6) is 0 Å². The van der Waals surface area contributed by atoms with Gasteiger partial charge in [-0.25, -0.2) is 4.79 Å². The number of nitrogens with one attached hydrogen (secondary N) is 1. The monoisotopic (exact) mass is 237 g/mol. The molecule has 1 aliphatic rings. The van der Waals surface area contributed by atoms with Crippen molar-refractivity contribution >= 4 is 28.2 Å². The van der Waals surface area contributed by atoms with E-state index in [0.717, 1.165) is 35.8 Å². The van der Waals surface area contributed by atoms with Crippen molar-refractivity contribution in [3.63, 3.8) is 0 Å². The number of thiophene rings is 1. The van der Waals surface area contributed by atoms with Crippen LogP contribution in [0.1, 0.15) is 27.2 Å². The fourth-order valence-corrected chi connectivity index (χ4v) is 3.17. The predicted molar refractivity (Wildman–Crippen MR) is 62.1 cm³/mol. The van der Waals surface area contributed by atoms with Crippen molar-refractivity contribution in [1.82, 2.24) is 0 Å². The smallest absolute Gasteiger partial charge is 0.339 e. The Balaban J connectivity index is 2.41. The molecule has 2 rings (SSSR count). The number of hydrogen-bond donors (Lipinski definition) is 2. The van der Waals surface area contributed by atoms with Gasteiger partial charge in [0.15, 0.2) is 0 Å². The third-order valence-electron chi connectivity index (χ3n) is 2.56. The van der Waals surface area contributed by atoms with E-state index in [0.29, 0.717) is 5.00 Å². The van der Waals surface area contributed by atoms with Gasteiger partial charge in [-0.3, -0.25) is 4.79 Å². The number of aromatic carboxylic acids is 1. The molecule has 0 atom stereocenters. The number of rotatable bonds is 3. The molecule has 0 spiro atoms. The second kappa shape index (κ2) is 4.09. The number of fused-ring (bicyclic) bond motifs is 1. The first-order valence-corrected chi connectivity index (χ1v) is 5.76. The highest BCUT2D eigenvalue weighted by Crippen LogP contribution is 2.38. The second-order valence-electron chi connectivity index (χ2n) is 3.56. The number of hydrogen-bond acceptors (Lipinski definition) is 3. The summed E-state index contributed by atoms with van der Waals surface area (Å²) in [4.78, 5) is 23.4. The highest BCUT2D eigenvalue weighted by molar-refractivity contribution is 7.17. The second-order valence-corrected chi connectivity index (χ2v) is 4.67. The molecule has 84 valence electrons. The molecule has 1 aromatic rings. The number of carbonyl (C=O) groups excluding carboxylic acids is 1. The van der Waals surface area contributed by atoms with Crippen LogP contribution in [0.2, 0.25) is 0 Å². The van der Waals surface area contributed by atoms with Crippen molar-refractivity contribution in [2.45, 2.75) is 19.3 Å². The Morgan fingerprint density at radius 3 is 2.81 bits per heavy atom. The van der Waals surface area contributed by atoms with Crippen LogP contribution in [-0.2, 0) is 17.6 Å². The summed E-state index contributed by atoms with van der Waals surface area (Å²) in [6.45, 7) is 3.34. The van der Waals surface area contributed by atoms with Gasteiger partial charge in [-0.05, 0) is 30.9 Å². The molecule has 16 heavy (non-hydrogen) atoms. The van der Waals surface area contributed by atoms with Crippen molar-refractivity contribution in [3.05, 3.63) is 28.7 Å². The first kappa shape index (κ1) is 10.9. The fraction of sp³-hybridized carbons (Fsp3) is 0.273. The molecule has 1 aromatic heterocycles. The Kier molecular flexibility index (Phi) is 2.78. The molecule has 4 nitrogen and oxygen atoms in total. The minimum absolute atomic E-state index is 0.257. The maximum Gasteiger partial charge on any atom is 0.339 e. The lowest BCUT2D eigenvalue weighted by Crippen LogP contribution is -2.10. The van der Waals surface area contributed by atoms with E-state index >= 15 is 0 Å². The number of carboxylic acid groups (broad SMARTS) is 1. The Morgan fingerprint density at radius 1 is 1.44 bits per heavy atom. The zero-order chi connectivity index (χ0) is 11.7. The molecule has 1 amide bonds. The van der Waals surface area contributed by atoms with Gasteiger partial charge < -0.3 is 10.4 Å². The van der Waals surface area contributed by atoms with Gasteiger partial charge in [0.05, 0.1) is 5.56 Å². The highest BCUT2D eigenvalue weighted by Gasteiger charge is 2.26. The fourth-order valence-electron chi connectivity index (χ4n) is 1.88. The van der Waals surface area contributed by atoms with Crippen LogP contribution in [-0.4, -0.2) is 17.0 Å². The maximum absolute atomic E-state index is 11.2. The van der Waals surface area contributed by atoms with E-state index in [9.17, 15) is 9.59 Å². The molecule has 0 saturated carbocycles. The molecule has 0 aliphatic heterocycles. The molecule has 0 unspecified atom stereocenters. The normalized spacial score (nSPS) is 13.2. The minimum Gasteiger partial charge on any atom is -0.478 e. The lowest BCUT2D eigenvalue weighted by Gasteiger charge is -2.01. The van der Waals surface area contributed by atoms with Gasteiger partial charge in [0.2, 0.25) is 5.91 Å². The summed E-state index contributed by atoms with van der Waals surface area (Å²) in [5, 5.41) is 12.1. The van der Waals surface area contributed by atoms with Gasteiger partial charge in [-0.1, -0.05) is 6.58 Å². The first-order chi connectivity index (χ1) is 7.63. The summed E-state index contributed by atoms with van der Waals surface area (Å²) in [6, 6.07) is 0. The van der Waals surface area contributed by atoms with Gasteiger partial charge in [0, 0.05) is 4.88 Å². The van der Waals surface area contributed by atoms with Gasteiger partial charge in [0.1, 0.15) is 5.00 Å². The summed E-state index contributed by atoms with van der Waals surface area (Å²) in [5.41, 5.74) is 1.14. The van der Waals surface area contributed by atoms with E-state index in [4.69, 9.17) is 5.11 Å². The number of amides is 1. The van der Waals surface area contributed by atoms with Gasteiger partial charge in [-0.15, -0.1) is 11.3 Å². The Labute approximate surface area is 96.6 Å². The lowest BCUT2D eigenvalue weighted by atomic mass is 10.1. The SMILES string of the molecule is C=CC(=O)Nc1sc2c(c1C(=O)O)CCC2. The zero-order valence-corrected chi connectivity index (χ0v) is 9.39. The summed E-state index contributed by atoms with van der Waals surface area (Å²) in [6.07, 6.45) is 3.83. The minimum atomic E-state index is -0.973. The van der Waals surface area contributed by atoms with Crippen LogP contribution in [0, 0.1) is 0 Å². The molecule has 0 aromatic carbocycles. The molecule has 0 fully saturated rings. The van der Waals surface area contributed by atoms with E-state index in [-0.39, 0.29) is 11.5 Å².